The number of aromatic nitrogens is 2. The largest absolute Gasteiger partial charge is 0.382 e. The molecule has 11 heteroatoms. The number of benzene rings is 2. The standard InChI is InChI=1S/C23H23N7O2S.ClH/c1-29-9-11-30(12-10-29)33(32)19-7-5-17(6-8-19)20-15-26-22(25)21(28-20)23(31)27-18-4-2-3-16(13-18)14-24;/h2-8,13,15H,9-12H2,1H3,(H2,25,26)(H,27,31);1H. The van der Waals surface area contributed by atoms with Crippen LogP contribution in [-0.2, 0) is 11.0 Å². The van der Waals surface area contributed by atoms with Crippen LogP contribution in [0.4, 0.5) is 11.5 Å². The van der Waals surface area contributed by atoms with Gasteiger partial charge in [-0.2, -0.15) is 5.26 Å². The van der Waals surface area contributed by atoms with Crippen molar-refractivity contribution in [1.82, 2.24) is 19.2 Å². The van der Waals surface area contributed by atoms with Crippen LogP contribution in [0.3, 0.4) is 0 Å². The Kier molecular flexibility index (Phi) is 8.31. The summed E-state index contributed by atoms with van der Waals surface area (Å²) in [4.78, 5) is 24.2. The first-order valence-electron chi connectivity index (χ1n) is 10.3. The molecule has 0 aliphatic carbocycles. The van der Waals surface area contributed by atoms with Crippen LogP contribution in [0.2, 0.25) is 0 Å². The zero-order valence-corrected chi connectivity index (χ0v) is 20.1. The quantitative estimate of drug-likeness (QED) is 0.554. The van der Waals surface area contributed by atoms with Crippen molar-refractivity contribution in [2.45, 2.75) is 4.90 Å². The molecule has 0 saturated carbocycles. The minimum absolute atomic E-state index is 0. The summed E-state index contributed by atoms with van der Waals surface area (Å²) in [6.45, 7) is 3.28. The SMILES string of the molecule is CN1CCN(S(=O)c2ccc(-c3cnc(N)c(C(=O)Nc4cccc(C#N)c4)n3)cc2)CC1.Cl. The van der Waals surface area contributed by atoms with Gasteiger partial charge >= 0.3 is 0 Å². The summed E-state index contributed by atoms with van der Waals surface area (Å²) in [6, 6.07) is 15.8. The number of nitriles is 1. The predicted octanol–water partition coefficient (Wildman–Crippen LogP) is 2.54. The van der Waals surface area contributed by atoms with E-state index in [0.717, 1.165) is 31.7 Å². The first-order chi connectivity index (χ1) is 15.9. The van der Waals surface area contributed by atoms with Crippen molar-refractivity contribution in [1.29, 1.82) is 5.26 Å². The first kappa shape index (κ1) is 25.3. The number of halogens is 1. The van der Waals surface area contributed by atoms with Crippen LogP contribution in [0.1, 0.15) is 16.1 Å². The molecule has 1 aromatic heterocycles. The zero-order valence-electron chi connectivity index (χ0n) is 18.5. The van der Waals surface area contributed by atoms with E-state index in [1.54, 1.807) is 36.4 Å². The Balaban J connectivity index is 0.00000324. The molecule has 1 aliphatic heterocycles. The van der Waals surface area contributed by atoms with E-state index in [1.807, 2.05) is 22.5 Å². The third-order valence-electron chi connectivity index (χ3n) is 5.31. The van der Waals surface area contributed by atoms with Crippen molar-refractivity contribution in [2.24, 2.45) is 0 Å². The summed E-state index contributed by atoms with van der Waals surface area (Å²) in [6.07, 6.45) is 1.49. The van der Waals surface area contributed by atoms with Gasteiger partial charge in [-0.3, -0.25) is 4.79 Å². The van der Waals surface area contributed by atoms with Crippen molar-refractivity contribution in [3.8, 4) is 17.3 Å². The summed E-state index contributed by atoms with van der Waals surface area (Å²) < 4.78 is 14.8. The van der Waals surface area contributed by atoms with Gasteiger partial charge in [-0.1, -0.05) is 18.2 Å². The highest BCUT2D eigenvalue weighted by molar-refractivity contribution is 7.82. The van der Waals surface area contributed by atoms with Crippen LogP contribution >= 0.6 is 12.4 Å². The molecule has 4 rings (SSSR count). The Morgan fingerprint density at radius 3 is 2.53 bits per heavy atom. The van der Waals surface area contributed by atoms with E-state index in [4.69, 9.17) is 11.0 Å². The van der Waals surface area contributed by atoms with Crippen molar-refractivity contribution in [3.63, 3.8) is 0 Å². The van der Waals surface area contributed by atoms with Gasteiger partial charge in [0.25, 0.3) is 5.91 Å². The third-order valence-corrected chi connectivity index (χ3v) is 6.82. The number of amides is 1. The van der Waals surface area contributed by atoms with E-state index in [2.05, 4.69) is 27.2 Å². The Morgan fingerprint density at radius 2 is 1.85 bits per heavy atom. The smallest absolute Gasteiger partial charge is 0.278 e. The number of nitrogens with zero attached hydrogens (tertiary/aromatic N) is 5. The second kappa shape index (κ2) is 11.2. The molecular weight excluding hydrogens is 474 g/mol. The number of rotatable bonds is 5. The minimum atomic E-state index is -1.23. The summed E-state index contributed by atoms with van der Waals surface area (Å²) in [5.74, 6) is -0.523. The molecule has 0 bridgehead atoms. The second-order valence-electron chi connectivity index (χ2n) is 7.64. The Morgan fingerprint density at radius 1 is 1.15 bits per heavy atom. The molecule has 34 heavy (non-hydrogen) atoms. The topological polar surface area (TPSA) is 128 Å². The normalized spacial score (nSPS) is 15.1. The van der Waals surface area contributed by atoms with E-state index in [-0.39, 0.29) is 23.9 Å². The van der Waals surface area contributed by atoms with Crippen LogP contribution in [0, 0.1) is 11.3 Å². The molecule has 9 nitrogen and oxygen atoms in total. The van der Waals surface area contributed by atoms with Crippen molar-refractivity contribution >= 4 is 40.8 Å². The molecule has 1 fully saturated rings. The van der Waals surface area contributed by atoms with Gasteiger partial charge in [0.2, 0.25) is 0 Å². The third kappa shape index (κ3) is 5.76. The van der Waals surface area contributed by atoms with Gasteiger partial charge < -0.3 is 16.0 Å². The van der Waals surface area contributed by atoms with Gasteiger partial charge in [-0.15, -0.1) is 12.4 Å². The molecule has 2 heterocycles. The van der Waals surface area contributed by atoms with Crippen LogP contribution in [0.15, 0.2) is 59.6 Å². The van der Waals surface area contributed by atoms with Gasteiger partial charge in [0.05, 0.1) is 28.4 Å². The fourth-order valence-electron chi connectivity index (χ4n) is 3.41. The number of nitrogens with one attached hydrogen (secondary N) is 1. The number of carbonyl (C=O) groups is 1. The van der Waals surface area contributed by atoms with E-state index >= 15 is 0 Å². The van der Waals surface area contributed by atoms with Crippen molar-refractivity contribution in [2.75, 3.05) is 44.3 Å². The lowest BCUT2D eigenvalue weighted by Crippen LogP contribution is -2.45. The highest BCUT2D eigenvalue weighted by atomic mass is 35.5. The van der Waals surface area contributed by atoms with Crippen LogP contribution < -0.4 is 11.1 Å². The maximum atomic E-state index is 12.9. The molecule has 3 N–H and O–H groups in total. The lowest BCUT2D eigenvalue weighted by atomic mass is 10.1. The van der Waals surface area contributed by atoms with Gasteiger partial charge in [0.15, 0.2) is 11.5 Å². The summed E-state index contributed by atoms with van der Waals surface area (Å²) in [5, 5.41) is 11.7. The summed E-state index contributed by atoms with van der Waals surface area (Å²) in [5.41, 5.74) is 7.96. The number of likely N-dealkylation sites (N-methyl/N-ethyl adjacent to an activating group) is 1. The molecule has 1 atom stereocenters. The van der Waals surface area contributed by atoms with Gasteiger partial charge in [-0.25, -0.2) is 18.5 Å². The Hall–Kier alpha value is -3.36. The van der Waals surface area contributed by atoms with Crippen LogP contribution in [0.25, 0.3) is 11.3 Å². The number of nitrogens with two attached hydrogens (primary N) is 1. The highest BCUT2D eigenvalue weighted by Gasteiger charge is 2.20. The summed E-state index contributed by atoms with van der Waals surface area (Å²) in [7, 11) is 0.829. The number of nitrogen functional groups attached to an aromatic ring is 1. The lowest BCUT2D eigenvalue weighted by molar-refractivity contribution is 0.102. The van der Waals surface area contributed by atoms with Gasteiger partial charge in [0, 0.05) is 37.4 Å². The maximum absolute atomic E-state index is 12.9. The predicted molar refractivity (Wildman–Crippen MR) is 134 cm³/mol. The molecular formula is C23H24ClN7O2S. The molecule has 2 aromatic carbocycles. The number of hydrogen-bond donors (Lipinski definition) is 2. The molecule has 0 spiro atoms. The number of piperazine rings is 1. The van der Waals surface area contributed by atoms with Gasteiger partial charge in [-0.05, 0) is 37.4 Å². The van der Waals surface area contributed by atoms with Gasteiger partial charge in [0.1, 0.15) is 11.0 Å². The van der Waals surface area contributed by atoms with Crippen LogP contribution in [0.5, 0.6) is 0 Å². The average molecular weight is 498 g/mol. The molecule has 176 valence electrons. The fraction of sp³-hybridized carbons (Fsp3) is 0.217. The fourth-order valence-corrected chi connectivity index (χ4v) is 4.57. The maximum Gasteiger partial charge on any atom is 0.278 e. The van der Waals surface area contributed by atoms with E-state index in [1.165, 1.54) is 6.20 Å². The molecule has 1 aliphatic rings. The number of anilines is 2. The number of hydrogen-bond acceptors (Lipinski definition) is 7. The molecule has 1 amide bonds. The van der Waals surface area contributed by atoms with E-state index in [9.17, 15) is 9.00 Å². The number of carbonyl (C=O) groups excluding carboxylic acids is 1. The molecule has 0 radical (unpaired) electrons. The van der Waals surface area contributed by atoms with Crippen molar-refractivity contribution < 1.29 is 9.00 Å². The lowest BCUT2D eigenvalue weighted by Gasteiger charge is -2.31. The molecule has 1 saturated heterocycles. The molecule has 3 aromatic rings. The van der Waals surface area contributed by atoms with E-state index < -0.39 is 16.9 Å². The zero-order chi connectivity index (χ0) is 23.4. The first-order valence-corrected chi connectivity index (χ1v) is 11.4. The summed E-state index contributed by atoms with van der Waals surface area (Å²) >= 11 is 0. The monoisotopic (exact) mass is 497 g/mol. The minimum Gasteiger partial charge on any atom is -0.382 e. The highest BCUT2D eigenvalue weighted by Crippen LogP contribution is 2.22. The Labute approximate surface area is 206 Å². The average Bonchev–Trinajstić information content (AvgIpc) is 2.84. The Bertz CT molecular complexity index is 1240. The van der Waals surface area contributed by atoms with Crippen LogP contribution in [-0.4, -0.2) is 62.5 Å². The molecule has 1 unspecified atom stereocenters. The van der Waals surface area contributed by atoms with E-state index in [0.29, 0.717) is 21.8 Å². The van der Waals surface area contributed by atoms with Crippen molar-refractivity contribution in [3.05, 3.63) is 66.0 Å². The second-order valence-corrected chi connectivity index (χ2v) is 9.13.